The molecule has 28 heavy (non-hydrogen) atoms. The number of carbonyl (C=O) groups excluding carboxylic acids is 2. The van der Waals surface area contributed by atoms with Crippen LogP contribution >= 0.6 is 0 Å². The van der Waals surface area contributed by atoms with Crippen molar-refractivity contribution in [1.29, 1.82) is 0 Å². The molecular formula is C20H23N2O5S. The van der Waals surface area contributed by atoms with Crippen LogP contribution in [-0.4, -0.2) is 43.1 Å². The summed E-state index contributed by atoms with van der Waals surface area (Å²) in [6.45, 7) is -0.243. The molecule has 0 aliphatic heterocycles. The van der Waals surface area contributed by atoms with E-state index in [-0.39, 0.29) is 13.0 Å². The Morgan fingerprint density at radius 1 is 0.964 bits per heavy atom. The monoisotopic (exact) mass is 403 g/mol. The lowest BCUT2D eigenvalue weighted by Crippen LogP contribution is -2.49. The van der Waals surface area contributed by atoms with Crippen LogP contribution in [0.1, 0.15) is 11.1 Å². The van der Waals surface area contributed by atoms with Crippen molar-refractivity contribution in [3.63, 3.8) is 0 Å². The minimum Gasteiger partial charge on any atom is -0.353 e. The Kier molecular flexibility index (Phi) is 8.16. The maximum Gasteiger partial charge on any atom is 0.266 e. The fourth-order valence-electron chi connectivity index (χ4n) is 2.54. The standard InChI is InChI=1S/C20H23N2O5S/c23-19(12-11-16-7-3-1-4-8-16)22-18(15-17-9-5-2-6-10-17)20(24)21-13-14-28(25,26)27/h1-10,12,18H,11,13-15H2,(H,21,24)(H,22,23)(H,25,26,27). The van der Waals surface area contributed by atoms with Crippen molar-refractivity contribution >= 4 is 21.9 Å². The molecule has 0 aromatic heterocycles. The number of nitrogens with one attached hydrogen (secondary N) is 2. The summed E-state index contributed by atoms with van der Waals surface area (Å²) in [6, 6.07) is 17.7. The number of carbonyl (C=O) groups is 2. The molecule has 0 bridgehead atoms. The summed E-state index contributed by atoms with van der Waals surface area (Å²) in [4.78, 5) is 24.7. The van der Waals surface area contributed by atoms with E-state index in [0.29, 0.717) is 6.42 Å². The maximum absolute atomic E-state index is 12.4. The lowest BCUT2D eigenvalue weighted by molar-refractivity contribution is -0.127. The first-order valence-corrected chi connectivity index (χ1v) is 10.4. The van der Waals surface area contributed by atoms with Gasteiger partial charge in [-0.25, -0.2) is 0 Å². The van der Waals surface area contributed by atoms with Gasteiger partial charge in [-0.1, -0.05) is 60.7 Å². The second-order valence-electron chi connectivity index (χ2n) is 6.22. The summed E-state index contributed by atoms with van der Waals surface area (Å²) in [5.41, 5.74) is 1.82. The SMILES string of the molecule is O=C([CH]Cc1ccccc1)NC(Cc1ccccc1)C(=O)NCCS(=O)(=O)O. The highest BCUT2D eigenvalue weighted by atomic mass is 32.2. The van der Waals surface area contributed by atoms with E-state index in [1.54, 1.807) is 0 Å². The predicted molar refractivity (Wildman–Crippen MR) is 106 cm³/mol. The molecule has 1 atom stereocenters. The van der Waals surface area contributed by atoms with Gasteiger partial charge in [0.25, 0.3) is 10.1 Å². The molecule has 0 heterocycles. The van der Waals surface area contributed by atoms with Crippen molar-refractivity contribution < 1.29 is 22.6 Å². The first-order valence-electron chi connectivity index (χ1n) is 8.78. The highest BCUT2D eigenvalue weighted by Crippen LogP contribution is 2.05. The van der Waals surface area contributed by atoms with Crippen molar-refractivity contribution in [3.05, 3.63) is 78.2 Å². The van der Waals surface area contributed by atoms with Gasteiger partial charge in [-0.3, -0.25) is 14.1 Å². The molecule has 0 fully saturated rings. The molecule has 149 valence electrons. The smallest absolute Gasteiger partial charge is 0.266 e. The fourth-order valence-corrected chi connectivity index (χ4v) is 2.90. The van der Waals surface area contributed by atoms with Gasteiger partial charge in [0.15, 0.2) is 0 Å². The number of hydrogen-bond donors (Lipinski definition) is 3. The zero-order chi connectivity index (χ0) is 20.4. The van der Waals surface area contributed by atoms with Crippen LogP contribution in [0.4, 0.5) is 0 Å². The molecule has 8 heteroatoms. The van der Waals surface area contributed by atoms with Gasteiger partial charge >= 0.3 is 0 Å². The molecule has 2 amide bonds. The maximum atomic E-state index is 12.4. The molecule has 1 radical (unpaired) electrons. The molecule has 0 saturated heterocycles. The molecule has 2 aromatic carbocycles. The second kappa shape index (κ2) is 10.6. The van der Waals surface area contributed by atoms with E-state index in [4.69, 9.17) is 4.55 Å². The first-order chi connectivity index (χ1) is 13.3. The third-order valence-electron chi connectivity index (χ3n) is 3.94. The Bertz CT molecular complexity index is 870. The van der Waals surface area contributed by atoms with Gasteiger partial charge < -0.3 is 10.6 Å². The van der Waals surface area contributed by atoms with Gasteiger partial charge in [0.1, 0.15) is 6.04 Å². The summed E-state index contributed by atoms with van der Waals surface area (Å²) in [7, 11) is -4.17. The van der Waals surface area contributed by atoms with E-state index in [1.165, 1.54) is 6.42 Å². The minimum atomic E-state index is -4.17. The normalized spacial score (nSPS) is 12.2. The highest BCUT2D eigenvalue weighted by molar-refractivity contribution is 7.85. The minimum absolute atomic E-state index is 0.243. The van der Waals surface area contributed by atoms with E-state index in [9.17, 15) is 18.0 Å². The summed E-state index contributed by atoms with van der Waals surface area (Å²) < 4.78 is 30.4. The van der Waals surface area contributed by atoms with Crippen LogP contribution in [0.3, 0.4) is 0 Å². The lowest BCUT2D eigenvalue weighted by atomic mass is 10.0. The third kappa shape index (κ3) is 8.32. The number of benzene rings is 2. The molecule has 1 unspecified atom stereocenters. The number of rotatable bonds is 10. The Balaban J connectivity index is 1.96. The zero-order valence-electron chi connectivity index (χ0n) is 15.2. The van der Waals surface area contributed by atoms with Gasteiger partial charge in [-0.05, 0) is 17.5 Å². The van der Waals surface area contributed by atoms with Crippen molar-refractivity contribution in [2.75, 3.05) is 12.3 Å². The third-order valence-corrected chi connectivity index (χ3v) is 4.66. The van der Waals surface area contributed by atoms with Crippen LogP contribution in [-0.2, 0) is 32.5 Å². The molecule has 2 aromatic rings. The quantitative estimate of drug-likeness (QED) is 0.516. The molecular weight excluding hydrogens is 380 g/mol. The van der Waals surface area contributed by atoms with Crippen molar-refractivity contribution in [3.8, 4) is 0 Å². The van der Waals surface area contributed by atoms with E-state index < -0.39 is 33.7 Å². The number of amides is 2. The van der Waals surface area contributed by atoms with Crippen LogP contribution in [0.5, 0.6) is 0 Å². The molecule has 0 spiro atoms. The molecule has 0 saturated carbocycles. The largest absolute Gasteiger partial charge is 0.353 e. The van der Waals surface area contributed by atoms with Gasteiger partial charge in [0.2, 0.25) is 11.8 Å². The van der Waals surface area contributed by atoms with E-state index >= 15 is 0 Å². The van der Waals surface area contributed by atoms with Crippen molar-refractivity contribution in [2.24, 2.45) is 0 Å². The summed E-state index contributed by atoms with van der Waals surface area (Å²) in [6.07, 6.45) is 2.14. The summed E-state index contributed by atoms with van der Waals surface area (Å²) in [5.74, 6) is -1.51. The predicted octanol–water partition coefficient (Wildman–Crippen LogP) is 1.16. The van der Waals surface area contributed by atoms with E-state index in [2.05, 4.69) is 10.6 Å². The Morgan fingerprint density at radius 3 is 2.11 bits per heavy atom. The van der Waals surface area contributed by atoms with Crippen molar-refractivity contribution in [2.45, 2.75) is 18.9 Å². The highest BCUT2D eigenvalue weighted by Gasteiger charge is 2.21. The van der Waals surface area contributed by atoms with Crippen LogP contribution < -0.4 is 10.6 Å². The fraction of sp³-hybridized carbons (Fsp3) is 0.250. The summed E-state index contributed by atoms with van der Waals surface area (Å²) in [5, 5.41) is 5.10. The molecule has 2 rings (SSSR count). The van der Waals surface area contributed by atoms with E-state index in [0.717, 1.165) is 11.1 Å². The summed E-state index contributed by atoms with van der Waals surface area (Å²) >= 11 is 0. The van der Waals surface area contributed by atoms with Crippen LogP contribution in [0.25, 0.3) is 0 Å². The Hall–Kier alpha value is -2.71. The van der Waals surface area contributed by atoms with Crippen molar-refractivity contribution in [1.82, 2.24) is 10.6 Å². The molecule has 0 aliphatic rings. The van der Waals surface area contributed by atoms with Gasteiger partial charge in [0, 0.05) is 13.0 Å². The Morgan fingerprint density at radius 2 is 1.54 bits per heavy atom. The Labute approximate surface area is 164 Å². The average molecular weight is 403 g/mol. The van der Waals surface area contributed by atoms with Crippen LogP contribution in [0, 0.1) is 6.42 Å². The van der Waals surface area contributed by atoms with Crippen LogP contribution in [0.15, 0.2) is 60.7 Å². The lowest BCUT2D eigenvalue weighted by Gasteiger charge is -2.18. The van der Waals surface area contributed by atoms with Crippen LogP contribution in [0.2, 0.25) is 0 Å². The second-order valence-corrected chi connectivity index (χ2v) is 7.79. The topological polar surface area (TPSA) is 113 Å². The van der Waals surface area contributed by atoms with Gasteiger partial charge in [0.05, 0.1) is 12.2 Å². The molecule has 3 N–H and O–H groups in total. The average Bonchev–Trinajstić information content (AvgIpc) is 2.66. The zero-order valence-corrected chi connectivity index (χ0v) is 16.1. The first kappa shape index (κ1) is 21.6. The molecule has 0 aliphatic carbocycles. The number of hydrogen-bond acceptors (Lipinski definition) is 4. The van der Waals surface area contributed by atoms with Gasteiger partial charge in [-0.15, -0.1) is 0 Å². The molecule has 7 nitrogen and oxygen atoms in total. The van der Waals surface area contributed by atoms with E-state index in [1.807, 2.05) is 60.7 Å². The van der Waals surface area contributed by atoms with Gasteiger partial charge in [-0.2, -0.15) is 8.42 Å².